The van der Waals surface area contributed by atoms with Crippen molar-refractivity contribution in [3.8, 4) is 0 Å². The van der Waals surface area contributed by atoms with Gasteiger partial charge in [-0.1, -0.05) is 84.0 Å². The minimum Gasteiger partial charge on any atom is -0.462 e. The molecule has 0 radical (unpaired) electrons. The number of esters is 1. The SMILES string of the molecule is CCCCCCCCCCCCC[CH-]CC(=O)OC(C)COS(=O)(=O)O.[Na+]. The Labute approximate surface area is 188 Å². The Balaban J connectivity index is 0. The number of carbonyl (C=O) groups excluding carboxylic acids is 1. The molecule has 0 saturated carbocycles. The summed E-state index contributed by atoms with van der Waals surface area (Å²) in [6.45, 7) is 3.36. The Morgan fingerprint density at radius 2 is 1.44 bits per heavy atom. The van der Waals surface area contributed by atoms with Gasteiger partial charge in [0.2, 0.25) is 0 Å². The van der Waals surface area contributed by atoms with E-state index in [-0.39, 0.29) is 42.6 Å². The Hall–Kier alpha value is 0.340. The Kier molecular flexibility index (Phi) is 21.5. The summed E-state index contributed by atoms with van der Waals surface area (Å²) in [4.78, 5) is 11.6. The number of hydrogen-bond acceptors (Lipinski definition) is 5. The van der Waals surface area contributed by atoms with Gasteiger partial charge >= 0.3 is 40.0 Å². The summed E-state index contributed by atoms with van der Waals surface area (Å²) in [5, 5.41) is 0. The van der Waals surface area contributed by atoms with Crippen molar-refractivity contribution in [1.82, 2.24) is 0 Å². The molecule has 0 aliphatic heterocycles. The van der Waals surface area contributed by atoms with Crippen LogP contribution >= 0.6 is 0 Å². The van der Waals surface area contributed by atoms with E-state index in [2.05, 4.69) is 11.1 Å². The molecular formula is C19H37NaO6S. The van der Waals surface area contributed by atoms with Crippen LogP contribution in [0.15, 0.2) is 0 Å². The summed E-state index contributed by atoms with van der Waals surface area (Å²) < 4.78 is 38.4. The van der Waals surface area contributed by atoms with Crippen LogP contribution < -0.4 is 29.6 Å². The molecular weight excluding hydrogens is 379 g/mol. The summed E-state index contributed by atoms with van der Waals surface area (Å²) in [5.74, 6) is -0.417. The summed E-state index contributed by atoms with van der Waals surface area (Å²) in [6.07, 6.45) is 16.5. The quantitative estimate of drug-likeness (QED) is 0.121. The molecule has 0 aromatic rings. The summed E-state index contributed by atoms with van der Waals surface area (Å²) >= 11 is 0. The zero-order valence-electron chi connectivity index (χ0n) is 17.5. The van der Waals surface area contributed by atoms with E-state index in [0.717, 1.165) is 12.8 Å². The van der Waals surface area contributed by atoms with Gasteiger partial charge < -0.3 is 11.2 Å². The molecule has 27 heavy (non-hydrogen) atoms. The first-order valence-electron chi connectivity index (χ1n) is 9.98. The molecule has 0 aromatic heterocycles. The van der Waals surface area contributed by atoms with Gasteiger partial charge in [0.15, 0.2) is 0 Å². The molecule has 0 spiro atoms. The first-order valence-corrected chi connectivity index (χ1v) is 11.3. The van der Waals surface area contributed by atoms with Crippen LogP contribution in [0.1, 0.15) is 97.3 Å². The molecule has 0 heterocycles. The molecule has 0 aliphatic carbocycles. The Morgan fingerprint density at radius 3 is 1.93 bits per heavy atom. The third-order valence-corrected chi connectivity index (χ3v) is 4.54. The van der Waals surface area contributed by atoms with Crippen molar-refractivity contribution < 1.29 is 56.2 Å². The fraction of sp³-hybridized carbons (Fsp3) is 0.895. The molecule has 1 unspecified atom stereocenters. The number of hydrogen-bond donors (Lipinski definition) is 1. The third-order valence-electron chi connectivity index (χ3n) is 4.11. The topological polar surface area (TPSA) is 89.9 Å². The van der Waals surface area contributed by atoms with E-state index in [1.165, 1.54) is 71.1 Å². The van der Waals surface area contributed by atoms with Crippen molar-refractivity contribution in [1.29, 1.82) is 0 Å². The van der Waals surface area contributed by atoms with E-state index in [9.17, 15) is 13.2 Å². The molecule has 0 amide bonds. The number of ether oxygens (including phenoxy) is 1. The average Bonchev–Trinajstić information content (AvgIpc) is 2.56. The average molecular weight is 417 g/mol. The van der Waals surface area contributed by atoms with E-state index in [1.807, 2.05) is 6.42 Å². The minimum atomic E-state index is -4.50. The van der Waals surface area contributed by atoms with E-state index >= 15 is 0 Å². The van der Waals surface area contributed by atoms with Crippen molar-refractivity contribution in [2.24, 2.45) is 0 Å². The van der Waals surface area contributed by atoms with Crippen LogP contribution in [0.5, 0.6) is 0 Å². The number of rotatable bonds is 18. The molecule has 0 aliphatic rings. The van der Waals surface area contributed by atoms with Crippen LogP contribution in [-0.4, -0.2) is 31.7 Å². The van der Waals surface area contributed by atoms with Gasteiger partial charge in [-0.2, -0.15) is 14.8 Å². The predicted octanol–water partition coefficient (Wildman–Crippen LogP) is 2.04. The van der Waals surface area contributed by atoms with Crippen LogP contribution in [-0.2, 0) is 24.1 Å². The van der Waals surface area contributed by atoms with Crippen molar-refractivity contribution in [2.75, 3.05) is 6.61 Å². The molecule has 0 saturated heterocycles. The van der Waals surface area contributed by atoms with Gasteiger partial charge in [-0.3, -0.25) is 9.35 Å². The standard InChI is InChI=1S/C19H37O6S.Na/c1-3-4-5-6-7-8-9-10-11-12-13-14-15-16-19(20)25-18(2)17-24-26(21,22)23;/h15,18H,3-14,16-17H2,1-2H3,(H,21,22,23);/q-1;+1. The largest absolute Gasteiger partial charge is 1.00 e. The van der Waals surface area contributed by atoms with Crippen molar-refractivity contribution >= 4 is 16.4 Å². The molecule has 156 valence electrons. The maximum atomic E-state index is 11.6. The Morgan fingerprint density at radius 1 is 0.963 bits per heavy atom. The van der Waals surface area contributed by atoms with Crippen molar-refractivity contribution in [3.63, 3.8) is 0 Å². The van der Waals surface area contributed by atoms with E-state index in [4.69, 9.17) is 9.29 Å². The molecule has 1 atom stereocenters. The first kappa shape index (κ1) is 29.5. The number of carbonyl (C=O) groups is 1. The van der Waals surface area contributed by atoms with E-state index < -0.39 is 22.5 Å². The predicted molar refractivity (Wildman–Crippen MR) is 103 cm³/mol. The van der Waals surface area contributed by atoms with Crippen LogP contribution in [0.25, 0.3) is 0 Å². The van der Waals surface area contributed by atoms with Crippen molar-refractivity contribution in [3.05, 3.63) is 6.42 Å². The Bertz CT molecular complexity index is 441. The van der Waals surface area contributed by atoms with E-state index in [1.54, 1.807) is 0 Å². The summed E-state index contributed by atoms with van der Waals surface area (Å²) in [7, 11) is -4.50. The molecule has 0 fully saturated rings. The molecule has 0 rings (SSSR count). The van der Waals surface area contributed by atoms with Gasteiger partial charge in [0, 0.05) is 0 Å². The third kappa shape index (κ3) is 24.3. The molecule has 0 bridgehead atoms. The van der Waals surface area contributed by atoms with Gasteiger partial charge in [-0.15, -0.1) is 0 Å². The number of unbranched alkanes of at least 4 members (excludes halogenated alkanes) is 12. The summed E-state index contributed by atoms with van der Waals surface area (Å²) in [5.41, 5.74) is 0. The van der Waals surface area contributed by atoms with Gasteiger partial charge in [0.1, 0.15) is 12.7 Å². The second-order valence-electron chi connectivity index (χ2n) is 6.83. The normalized spacial score (nSPS) is 12.4. The second-order valence-corrected chi connectivity index (χ2v) is 7.92. The van der Waals surface area contributed by atoms with Crippen LogP contribution in [0.4, 0.5) is 0 Å². The van der Waals surface area contributed by atoms with Crippen LogP contribution in [0, 0.1) is 6.42 Å². The van der Waals surface area contributed by atoms with Gasteiger partial charge in [0.05, 0.1) is 0 Å². The smallest absolute Gasteiger partial charge is 0.462 e. The minimum absolute atomic E-state index is 0. The van der Waals surface area contributed by atoms with Crippen LogP contribution in [0.2, 0.25) is 0 Å². The fourth-order valence-corrected chi connectivity index (χ4v) is 3.02. The monoisotopic (exact) mass is 416 g/mol. The zero-order chi connectivity index (χ0) is 19.7. The van der Waals surface area contributed by atoms with Gasteiger partial charge in [0.25, 0.3) is 5.97 Å². The summed E-state index contributed by atoms with van der Waals surface area (Å²) in [6, 6.07) is 0. The van der Waals surface area contributed by atoms with Crippen LogP contribution in [0.3, 0.4) is 0 Å². The zero-order valence-corrected chi connectivity index (χ0v) is 20.3. The van der Waals surface area contributed by atoms with Gasteiger partial charge in [-0.05, 0) is 6.92 Å². The maximum Gasteiger partial charge on any atom is 1.00 e. The molecule has 8 heteroatoms. The molecule has 6 nitrogen and oxygen atoms in total. The van der Waals surface area contributed by atoms with E-state index in [0.29, 0.717) is 0 Å². The van der Waals surface area contributed by atoms with Crippen molar-refractivity contribution in [2.45, 2.75) is 103 Å². The maximum absolute atomic E-state index is 11.6. The molecule has 0 aromatic carbocycles. The van der Waals surface area contributed by atoms with Gasteiger partial charge in [-0.25, -0.2) is 4.18 Å². The fourth-order valence-electron chi connectivity index (χ4n) is 2.66. The first-order chi connectivity index (χ1) is 12.3. The second kappa shape index (κ2) is 19.6. The molecule has 1 N–H and O–H groups in total.